The molecule has 0 aliphatic carbocycles. The number of anilines is 2. The number of ether oxygens (including phenoxy) is 1. The molecule has 3 aromatic carbocycles. The largest absolute Gasteiger partial charge is 0.494 e. The van der Waals surface area contributed by atoms with Crippen LogP contribution in [0.1, 0.15) is 29.5 Å². The van der Waals surface area contributed by atoms with Crippen LogP contribution in [0.3, 0.4) is 0 Å². The fourth-order valence-corrected chi connectivity index (χ4v) is 4.37. The van der Waals surface area contributed by atoms with Crippen LogP contribution in [0.2, 0.25) is 0 Å². The number of nitrogens with one attached hydrogen (secondary N) is 2. The summed E-state index contributed by atoms with van der Waals surface area (Å²) in [5.41, 5.74) is 3.99. The number of carbonyl (C=O) groups is 1. The van der Waals surface area contributed by atoms with Crippen LogP contribution in [0.25, 0.3) is 0 Å². The van der Waals surface area contributed by atoms with E-state index in [2.05, 4.69) is 10.0 Å². The van der Waals surface area contributed by atoms with Crippen molar-refractivity contribution in [3.8, 4) is 5.75 Å². The molecule has 7 heteroatoms. The highest BCUT2D eigenvalue weighted by molar-refractivity contribution is 7.92. The Morgan fingerprint density at radius 2 is 1.50 bits per heavy atom. The molecule has 32 heavy (non-hydrogen) atoms. The standard InChI is InChI=1S/C25H28N2O4S/c1-18-9-13-22(14-10-18)31-17-5-8-24(28)26-21-11-15-23(16-12-21)32(29,30)27-25-19(2)6-4-7-20(25)3/h4,6-7,9-16,27H,5,8,17H2,1-3H3,(H,26,28). The molecule has 0 spiro atoms. The van der Waals surface area contributed by atoms with Gasteiger partial charge >= 0.3 is 0 Å². The van der Waals surface area contributed by atoms with E-state index in [0.717, 1.165) is 22.4 Å². The predicted octanol–water partition coefficient (Wildman–Crippen LogP) is 5.21. The molecule has 0 aliphatic heterocycles. The van der Waals surface area contributed by atoms with Gasteiger partial charge in [0.1, 0.15) is 5.75 Å². The quantitative estimate of drug-likeness (QED) is 0.437. The fourth-order valence-electron chi connectivity index (χ4n) is 3.17. The van der Waals surface area contributed by atoms with Crippen LogP contribution in [0.15, 0.2) is 71.6 Å². The Bertz CT molecular complexity index is 1150. The molecule has 6 nitrogen and oxygen atoms in total. The summed E-state index contributed by atoms with van der Waals surface area (Å²) in [7, 11) is -3.73. The van der Waals surface area contributed by atoms with Gasteiger partial charge in [0, 0.05) is 12.1 Å². The van der Waals surface area contributed by atoms with Gasteiger partial charge in [0.25, 0.3) is 10.0 Å². The Hall–Kier alpha value is -3.32. The van der Waals surface area contributed by atoms with Crippen LogP contribution in [0, 0.1) is 20.8 Å². The summed E-state index contributed by atoms with van der Waals surface area (Å²) in [6.07, 6.45) is 0.881. The molecule has 0 bridgehead atoms. The number of hydrogen-bond acceptors (Lipinski definition) is 4. The second-order valence-electron chi connectivity index (χ2n) is 7.71. The Morgan fingerprint density at radius 1 is 0.875 bits per heavy atom. The second kappa shape index (κ2) is 10.3. The molecule has 0 aromatic heterocycles. The lowest BCUT2D eigenvalue weighted by molar-refractivity contribution is -0.116. The smallest absolute Gasteiger partial charge is 0.261 e. The first-order chi connectivity index (χ1) is 15.2. The van der Waals surface area contributed by atoms with Crippen LogP contribution in [0.5, 0.6) is 5.75 Å². The van der Waals surface area contributed by atoms with Gasteiger partial charge in [-0.1, -0.05) is 35.9 Å². The van der Waals surface area contributed by atoms with Gasteiger partial charge in [-0.25, -0.2) is 8.42 Å². The van der Waals surface area contributed by atoms with Crippen molar-refractivity contribution in [2.45, 2.75) is 38.5 Å². The third-order valence-electron chi connectivity index (χ3n) is 5.00. The molecule has 3 aromatic rings. The lowest BCUT2D eigenvalue weighted by Gasteiger charge is -2.13. The van der Waals surface area contributed by atoms with Crippen LogP contribution < -0.4 is 14.8 Å². The normalized spacial score (nSPS) is 11.1. The van der Waals surface area contributed by atoms with E-state index in [1.165, 1.54) is 12.1 Å². The molecular formula is C25H28N2O4S. The lowest BCUT2D eigenvalue weighted by atomic mass is 10.1. The van der Waals surface area contributed by atoms with Crippen LogP contribution in [0.4, 0.5) is 11.4 Å². The summed E-state index contributed by atoms with van der Waals surface area (Å²) in [6, 6.07) is 19.5. The molecule has 1 amide bonds. The van der Waals surface area contributed by atoms with Gasteiger partial charge in [-0.2, -0.15) is 0 Å². The summed E-state index contributed by atoms with van der Waals surface area (Å²) >= 11 is 0. The van der Waals surface area contributed by atoms with Crippen molar-refractivity contribution in [2.24, 2.45) is 0 Å². The summed E-state index contributed by atoms with van der Waals surface area (Å²) in [5, 5.41) is 2.78. The van der Waals surface area contributed by atoms with E-state index in [-0.39, 0.29) is 10.8 Å². The van der Waals surface area contributed by atoms with E-state index in [4.69, 9.17) is 4.74 Å². The van der Waals surface area contributed by atoms with Gasteiger partial charge in [0.15, 0.2) is 0 Å². The van der Waals surface area contributed by atoms with Crippen LogP contribution in [-0.2, 0) is 14.8 Å². The van der Waals surface area contributed by atoms with Crippen molar-refractivity contribution in [1.82, 2.24) is 0 Å². The summed E-state index contributed by atoms with van der Waals surface area (Å²) in [5.74, 6) is 0.629. The minimum Gasteiger partial charge on any atom is -0.494 e. The van der Waals surface area contributed by atoms with Gasteiger partial charge in [-0.15, -0.1) is 0 Å². The average Bonchev–Trinajstić information content (AvgIpc) is 2.76. The Labute approximate surface area is 189 Å². The van der Waals surface area contributed by atoms with E-state index in [1.807, 2.05) is 63.2 Å². The summed E-state index contributed by atoms with van der Waals surface area (Å²) in [4.78, 5) is 12.3. The SMILES string of the molecule is Cc1ccc(OCCCC(=O)Nc2ccc(S(=O)(=O)Nc3c(C)cccc3C)cc2)cc1. The number of rotatable bonds is 9. The highest BCUT2D eigenvalue weighted by atomic mass is 32.2. The van der Waals surface area contributed by atoms with Crippen molar-refractivity contribution in [1.29, 1.82) is 0 Å². The van der Waals surface area contributed by atoms with Crippen molar-refractivity contribution in [3.63, 3.8) is 0 Å². The minimum atomic E-state index is -3.73. The molecule has 0 saturated carbocycles. The predicted molar refractivity (Wildman–Crippen MR) is 128 cm³/mol. The second-order valence-corrected chi connectivity index (χ2v) is 9.39. The van der Waals surface area contributed by atoms with E-state index < -0.39 is 10.0 Å². The third-order valence-corrected chi connectivity index (χ3v) is 6.37. The Kier molecular flexibility index (Phi) is 7.53. The molecule has 168 valence electrons. The molecule has 0 radical (unpaired) electrons. The number of para-hydroxylation sites is 1. The van der Waals surface area contributed by atoms with Gasteiger partial charge < -0.3 is 10.1 Å². The van der Waals surface area contributed by atoms with Gasteiger partial charge in [-0.05, 0) is 74.7 Å². The molecule has 0 saturated heterocycles. The number of amides is 1. The first kappa shape index (κ1) is 23.3. The maximum Gasteiger partial charge on any atom is 0.261 e. The van der Waals surface area contributed by atoms with Gasteiger partial charge in [-0.3, -0.25) is 9.52 Å². The van der Waals surface area contributed by atoms with E-state index in [1.54, 1.807) is 12.1 Å². The molecule has 0 atom stereocenters. The van der Waals surface area contributed by atoms with Gasteiger partial charge in [0.2, 0.25) is 5.91 Å². The molecule has 3 rings (SSSR count). The first-order valence-electron chi connectivity index (χ1n) is 10.4. The third kappa shape index (κ3) is 6.34. The van der Waals surface area contributed by atoms with Gasteiger partial charge in [0.05, 0.1) is 17.2 Å². The maximum atomic E-state index is 12.7. The Balaban J connectivity index is 1.51. The van der Waals surface area contributed by atoms with Crippen molar-refractivity contribution in [2.75, 3.05) is 16.6 Å². The molecule has 0 heterocycles. The number of sulfonamides is 1. The van der Waals surface area contributed by atoms with Crippen molar-refractivity contribution < 1.29 is 17.9 Å². The summed E-state index contributed by atoms with van der Waals surface area (Å²) < 4.78 is 33.8. The zero-order valence-electron chi connectivity index (χ0n) is 18.5. The van der Waals surface area contributed by atoms with Crippen molar-refractivity contribution in [3.05, 3.63) is 83.4 Å². The van der Waals surface area contributed by atoms with Crippen LogP contribution >= 0.6 is 0 Å². The summed E-state index contributed by atoms with van der Waals surface area (Å²) in [6.45, 7) is 6.17. The number of aryl methyl sites for hydroxylation is 3. The number of carbonyl (C=O) groups excluding carboxylic acids is 1. The molecule has 2 N–H and O–H groups in total. The number of hydrogen-bond donors (Lipinski definition) is 2. The highest BCUT2D eigenvalue weighted by Crippen LogP contribution is 2.24. The Morgan fingerprint density at radius 3 is 2.12 bits per heavy atom. The monoisotopic (exact) mass is 452 g/mol. The van der Waals surface area contributed by atoms with Crippen molar-refractivity contribution >= 4 is 27.3 Å². The van der Waals surface area contributed by atoms with E-state index >= 15 is 0 Å². The van der Waals surface area contributed by atoms with Crippen LogP contribution in [-0.4, -0.2) is 20.9 Å². The molecule has 0 fully saturated rings. The first-order valence-corrected chi connectivity index (χ1v) is 11.9. The zero-order valence-corrected chi connectivity index (χ0v) is 19.3. The minimum absolute atomic E-state index is 0.129. The highest BCUT2D eigenvalue weighted by Gasteiger charge is 2.16. The molecule has 0 unspecified atom stereocenters. The molecular weight excluding hydrogens is 424 g/mol. The fraction of sp³-hybridized carbons (Fsp3) is 0.240. The lowest BCUT2D eigenvalue weighted by Crippen LogP contribution is -2.15. The topological polar surface area (TPSA) is 84.5 Å². The van der Waals surface area contributed by atoms with E-state index in [9.17, 15) is 13.2 Å². The molecule has 0 aliphatic rings. The average molecular weight is 453 g/mol. The number of benzene rings is 3. The maximum absolute atomic E-state index is 12.7. The zero-order chi connectivity index (χ0) is 23.1. The van der Waals surface area contributed by atoms with E-state index in [0.29, 0.717) is 30.8 Å².